The van der Waals surface area contributed by atoms with Crippen LogP contribution in [0.25, 0.3) is 0 Å². The topological polar surface area (TPSA) is 64.1 Å². The molecule has 1 aliphatic rings. The van der Waals surface area contributed by atoms with Gasteiger partial charge < -0.3 is 11.5 Å². The highest BCUT2D eigenvalue weighted by Crippen LogP contribution is 2.25. The minimum Gasteiger partial charge on any atom is -0.312 e. The number of hydrogen-bond acceptors (Lipinski definition) is 3. The van der Waals surface area contributed by atoms with Crippen molar-refractivity contribution in [2.45, 2.75) is 12.3 Å². The number of rotatable bonds is 0. The fraction of sp³-hybridized carbons (Fsp3) is 0.250. The van der Waals surface area contributed by atoms with Gasteiger partial charge in [-0.15, -0.1) is 0 Å². The number of nitrogens with two attached hydrogens (primary N) is 2. The monoisotopic (exact) mass is 149 g/mol. The van der Waals surface area contributed by atoms with Crippen molar-refractivity contribution in [1.82, 2.24) is 5.32 Å². The van der Waals surface area contributed by atoms with E-state index in [4.69, 9.17) is 11.5 Å². The van der Waals surface area contributed by atoms with Gasteiger partial charge in [-0.1, -0.05) is 24.3 Å². The molecule has 0 spiro atoms. The molecule has 0 amide bonds. The highest BCUT2D eigenvalue weighted by molar-refractivity contribution is 5.35. The molecule has 0 unspecified atom stereocenters. The summed E-state index contributed by atoms with van der Waals surface area (Å²) in [5.41, 5.74) is 13.7. The maximum atomic E-state index is 5.75. The Morgan fingerprint density at radius 2 is 1.45 bits per heavy atom. The van der Waals surface area contributed by atoms with E-state index in [1.54, 1.807) is 0 Å². The Morgan fingerprint density at radius 3 is 1.91 bits per heavy atom. The minimum absolute atomic E-state index is 0.0961. The van der Waals surface area contributed by atoms with E-state index in [0.717, 1.165) is 11.1 Å². The Kier molecular flexibility index (Phi) is 1.42. The van der Waals surface area contributed by atoms with Crippen LogP contribution in [0.2, 0.25) is 0 Å². The zero-order chi connectivity index (χ0) is 7.84. The number of nitrogens with one attached hydrogen (secondary N) is 1. The van der Waals surface area contributed by atoms with E-state index in [0.29, 0.717) is 0 Å². The first-order valence-corrected chi connectivity index (χ1v) is 3.65. The average Bonchev–Trinajstić information content (AvgIpc) is 2.30. The lowest BCUT2D eigenvalue weighted by Crippen LogP contribution is -2.28. The third-order valence-electron chi connectivity index (χ3n) is 2.03. The second-order valence-corrected chi connectivity index (χ2v) is 2.75. The van der Waals surface area contributed by atoms with Gasteiger partial charge in [0.25, 0.3) is 0 Å². The zero-order valence-corrected chi connectivity index (χ0v) is 6.12. The molecule has 0 saturated carbocycles. The van der Waals surface area contributed by atoms with E-state index in [2.05, 4.69) is 5.32 Å². The van der Waals surface area contributed by atoms with Crippen molar-refractivity contribution in [2.75, 3.05) is 0 Å². The molecular formula is C8H11N3. The van der Waals surface area contributed by atoms with Crippen LogP contribution < -0.4 is 16.8 Å². The predicted octanol–water partition coefficient (Wildman–Crippen LogP) is 0.204. The third-order valence-corrected chi connectivity index (χ3v) is 2.03. The molecule has 0 bridgehead atoms. The van der Waals surface area contributed by atoms with E-state index in [9.17, 15) is 0 Å². The molecule has 1 aromatic carbocycles. The standard InChI is InChI=1S/C8H11N3/c9-7-5-3-1-2-4-6(5)8(10)11-7/h1-4,7-8,11H,9-10H2/t7-,8+. The molecule has 1 aromatic rings. The fourth-order valence-corrected chi connectivity index (χ4v) is 1.45. The van der Waals surface area contributed by atoms with Crippen LogP contribution >= 0.6 is 0 Å². The quantitative estimate of drug-likeness (QED) is 0.494. The van der Waals surface area contributed by atoms with Gasteiger partial charge in [-0.3, -0.25) is 5.32 Å². The van der Waals surface area contributed by atoms with Gasteiger partial charge in [0.2, 0.25) is 0 Å². The Hall–Kier alpha value is -0.900. The lowest BCUT2D eigenvalue weighted by atomic mass is 10.1. The number of benzene rings is 1. The summed E-state index contributed by atoms with van der Waals surface area (Å²) in [5.74, 6) is 0. The van der Waals surface area contributed by atoms with Gasteiger partial charge in [-0.2, -0.15) is 0 Å². The van der Waals surface area contributed by atoms with E-state index in [1.165, 1.54) is 0 Å². The molecule has 0 aromatic heterocycles. The molecule has 11 heavy (non-hydrogen) atoms. The Labute approximate surface area is 65.4 Å². The molecule has 0 aliphatic carbocycles. The summed E-state index contributed by atoms with van der Waals surface area (Å²) in [4.78, 5) is 0. The average molecular weight is 149 g/mol. The van der Waals surface area contributed by atoms with Gasteiger partial charge in [0, 0.05) is 0 Å². The van der Waals surface area contributed by atoms with Crippen LogP contribution in [0.15, 0.2) is 24.3 Å². The first-order chi connectivity index (χ1) is 5.29. The first-order valence-electron chi connectivity index (χ1n) is 3.65. The van der Waals surface area contributed by atoms with Crippen molar-refractivity contribution in [2.24, 2.45) is 11.5 Å². The van der Waals surface area contributed by atoms with Crippen molar-refractivity contribution in [1.29, 1.82) is 0 Å². The Morgan fingerprint density at radius 1 is 1.00 bits per heavy atom. The fourth-order valence-electron chi connectivity index (χ4n) is 1.45. The maximum absolute atomic E-state index is 5.75. The van der Waals surface area contributed by atoms with Crippen molar-refractivity contribution in [3.8, 4) is 0 Å². The predicted molar refractivity (Wildman–Crippen MR) is 43.4 cm³/mol. The second-order valence-electron chi connectivity index (χ2n) is 2.75. The van der Waals surface area contributed by atoms with Gasteiger partial charge in [-0.05, 0) is 11.1 Å². The highest BCUT2D eigenvalue weighted by atomic mass is 15.1. The molecule has 0 fully saturated rings. The molecule has 58 valence electrons. The molecule has 0 saturated heterocycles. The van der Waals surface area contributed by atoms with E-state index < -0.39 is 0 Å². The normalized spacial score (nSPS) is 28.5. The van der Waals surface area contributed by atoms with Crippen LogP contribution in [-0.2, 0) is 0 Å². The van der Waals surface area contributed by atoms with Crippen LogP contribution in [0.4, 0.5) is 0 Å². The van der Waals surface area contributed by atoms with E-state index in [1.807, 2.05) is 24.3 Å². The van der Waals surface area contributed by atoms with Crippen LogP contribution in [0.3, 0.4) is 0 Å². The van der Waals surface area contributed by atoms with E-state index >= 15 is 0 Å². The molecular weight excluding hydrogens is 138 g/mol. The minimum atomic E-state index is -0.0961. The van der Waals surface area contributed by atoms with Crippen molar-refractivity contribution in [3.05, 3.63) is 35.4 Å². The summed E-state index contributed by atoms with van der Waals surface area (Å²) in [6, 6.07) is 7.94. The van der Waals surface area contributed by atoms with Crippen LogP contribution in [-0.4, -0.2) is 0 Å². The third kappa shape index (κ3) is 0.939. The molecule has 3 nitrogen and oxygen atoms in total. The Bertz CT molecular complexity index is 245. The molecule has 2 atom stereocenters. The number of hydrogen-bond donors (Lipinski definition) is 3. The van der Waals surface area contributed by atoms with Crippen LogP contribution in [0, 0.1) is 0 Å². The summed E-state index contributed by atoms with van der Waals surface area (Å²) >= 11 is 0. The lowest BCUT2D eigenvalue weighted by Gasteiger charge is -2.04. The summed E-state index contributed by atoms with van der Waals surface area (Å²) in [6.07, 6.45) is -0.192. The van der Waals surface area contributed by atoms with Gasteiger partial charge in [0.05, 0.1) is 12.3 Å². The second kappa shape index (κ2) is 2.30. The van der Waals surface area contributed by atoms with Crippen LogP contribution in [0.1, 0.15) is 23.5 Å². The van der Waals surface area contributed by atoms with E-state index in [-0.39, 0.29) is 12.3 Å². The molecule has 5 N–H and O–H groups in total. The summed E-state index contributed by atoms with van der Waals surface area (Å²) in [6.45, 7) is 0. The lowest BCUT2D eigenvalue weighted by molar-refractivity contribution is 0.519. The molecule has 3 heteroatoms. The SMILES string of the molecule is N[C@@H]1N[C@H](N)c2ccccc21. The molecule has 1 heterocycles. The summed E-state index contributed by atoms with van der Waals surface area (Å²) < 4.78 is 0. The molecule has 1 aliphatic heterocycles. The van der Waals surface area contributed by atoms with Crippen molar-refractivity contribution >= 4 is 0 Å². The number of fused-ring (bicyclic) bond motifs is 1. The highest BCUT2D eigenvalue weighted by Gasteiger charge is 2.23. The van der Waals surface area contributed by atoms with Gasteiger partial charge in [0.15, 0.2) is 0 Å². The van der Waals surface area contributed by atoms with Gasteiger partial charge in [0.1, 0.15) is 0 Å². The van der Waals surface area contributed by atoms with Crippen LogP contribution in [0.5, 0.6) is 0 Å². The summed E-state index contributed by atoms with van der Waals surface area (Å²) in [5, 5.41) is 3.04. The van der Waals surface area contributed by atoms with Crippen molar-refractivity contribution < 1.29 is 0 Å². The van der Waals surface area contributed by atoms with Gasteiger partial charge >= 0.3 is 0 Å². The van der Waals surface area contributed by atoms with Crippen molar-refractivity contribution in [3.63, 3.8) is 0 Å². The molecule has 0 radical (unpaired) electrons. The largest absolute Gasteiger partial charge is 0.312 e. The maximum Gasteiger partial charge on any atom is 0.0828 e. The summed E-state index contributed by atoms with van der Waals surface area (Å²) in [7, 11) is 0. The van der Waals surface area contributed by atoms with Gasteiger partial charge in [-0.25, -0.2) is 0 Å². The Balaban J connectivity index is 2.52. The zero-order valence-electron chi connectivity index (χ0n) is 6.12. The first kappa shape index (κ1) is 6.79. The molecule has 2 rings (SSSR count). The smallest absolute Gasteiger partial charge is 0.0828 e.